The van der Waals surface area contributed by atoms with E-state index in [-0.39, 0.29) is 5.97 Å². The third kappa shape index (κ3) is 4.68. The maximum absolute atomic E-state index is 12.0. The Morgan fingerprint density at radius 3 is 2.38 bits per heavy atom. The first kappa shape index (κ1) is 16.8. The lowest BCUT2D eigenvalue weighted by Gasteiger charge is -2.28. The van der Waals surface area contributed by atoms with E-state index in [1.807, 2.05) is 6.92 Å². The highest BCUT2D eigenvalue weighted by atomic mass is 16.5. The molecule has 2 fully saturated rings. The quantitative estimate of drug-likeness (QED) is 0.552. The van der Waals surface area contributed by atoms with Crippen molar-refractivity contribution in [2.75, 3.05) is 26.7 Å². The molecule has 0 amide bonds. The standard InChI is InChI=1S/C17H32N2O2/c1-13-11-19(12-14(13)2)10-6-5-9-17(3,16(20)21-4)18-15-7-8-15/h13-15,18H,5-12H2,1-4H3. The molecule has 2 aliphatic rings. The molecular weight excluding hydrogens is 264 g/mol. The van der Waals surface area contributed by atoms with Crippen molar-refractivity contribution in [1.82, 2.24) is 10.2 Å². The van der Waals surface area contributed by atoms with Gasteiger partial charge in [0.25, 0.3) is 0 Å². The van der Waals surface area contributed by atoms with Crippen LogP contribution in [0.25, 0.3) is 0 Å². The van der Waals surface area contributed by atoms with Crippen molar-refractivity contribution in [3.8, 4) is 0 Å². The Hall–Kier alpha value is -0.610. The average molecular weight is 296 g/mol. The molecule has 3 unspecified atom stereocenters. The number of nitrogens with zero attached hydrogens (tertiary/aromatic N) is 1. The summed E-state index contributed by atoms with van der Waals surface area (Å²) in [5, 5.41) is 3.47. The van der Waals surface area contributed by atoms with Crippen molar-refractivity contribution in [2.45, 2.75) is 64.5 Å². The summed E-state index contributed by atoms with van der Waals surface area (Å²) in [6.45, 7) is 10.3. The molecule has 4 heteroatoms. The fraction of sp³-hybridized carbons (Fsp3) is 0.941. The topological polar surface area (TPSA) is 41.6 Å². The van der Waals surface area contributed by atoms with Crippen LogP contribution in [0, 0.1) is 11.8 Å². The zero-order valence-electron chi connectivity index (χ0n) is 14.2. The van der Waals surface area contributed by atoms with Crippen molar-refractivity contribution in [3.63, 3.8) is 0 Å². The van der Waals surface area contributed by atoms with Gasteiger partial charge in [-0.3, -0.25) is 10.1 Å². The number of nitrogens with one attached hydrogen (secondary N) is 1. The van der Waals surface area contributed by atoms with Crippen molar-refractivity contribution < 1.29 is 9.53 Å². The number of unbranched alkanes of at least 4 members (excludes halogenated alkanes) is 1. The van der Waals surface area contributed by atoms with E-state index in [1.54, 1.807) is 0 Å². The van der Waals surface area contributed by atoms with E-state index in [2.05, 4.69) is 24.1 Å². The maximum Gasteiger partial charge on any atom is 0.325 e. The van der Waals surface area contributed by atoms with Gasteiger partial charge < -0.3 is 9.64 Å². The number of carbonyl (C=O) groups excluding carboxylic acids is 1. The van der Waals surface area contributed by atoms with Crippen LogP contribution in [0.1, 0.15) is 52.9 Å². The van der Waals surface area contributed by atoms with Crippen molar-refractivity contribution in [1.29, 1.82) is 0 Å². The van der Waals surface area contributed by atoms with Gasteiger partial charge in [-0.1, -0.05) is 13.8 Å². The Bertz CT molecular complexity index is 347. The zero-order chi connectivity index (χ0) is 15.5. The lowest BCUT2D eigenvalue weighted by Crippen LogP contribution is -2.51. The fourth-order valence-electron chi connectivity index (χ4n) is 3.38. The van der Waals surface area contributed by atoms with E-state index in [4.69, 9.17) is 4.74 Å². The van der Waals surface area contributed by atoms with E-state index in [1.165, 1.54) is 39.5 Å². The van der Waals surface area contributed by atoms with Crippen molar-refractivity contribution in [2.24, 2.45) is 11.8 Å². The second-order valence-electron chi connectivity index (χ2n) is 7.41. The lowest BCUT2D eigenvalue weighted by atomic mass is 9.94. The molecule has 21 heavy (non-hydrogen) atoms. The number of likely N-dealkylation sites (tertiary alicyclic amines) is 1. The molecule has 1 heterocycles. The van der Waals surface area contributed by atoms with Crippen LogP contribution in [-0.2, 0) is 9.53 Å². The first-order valence-corrected chi connectivity index (χ1v) is 8.53. The van der Waals surface area contributed by atoms with Gasteiger partial charge in [-0.15, -0.1) is 0 Å². The van der Waals surface area contributed by atoms with Crippen molar-refractivity contribution in [3.05, 3.63) is 0 Å². The SMILES string of the molecule is COC(=O)C(C)(CCCCN1CC(C)C(C)C1)NC1CC1. The number of ether oxygens (including phenoxy) is 1. The third-order valence-electron chi connectivity index (χ3n) is 5.20. The molecule has 1 aliphatic carbocycles. The highest BCUT2D eigenvalue weighted by Crippen LogP contribution is 2.27. The molecule has 0 aromatic heterocycles. The van der Waals surface area contributed by atoms with Crippen LogP contribution in [0.3, 0.4) is 0 Å². The van der Waals surface area contributed by atoms with Gasteiger partial charge in [-0.25, -0.2) is 0 Å². The average Bonchev–Trinajstić information content (AvgIpc) is 3.19. The molecule has 0 radical (unpaired) electrons. The Balaban J connectivity index is 1.70. The summed E-state index contributed by atoms with van der Waals surface area (Å²) in [5.41, 5.74) is -0.499. The normalized spacial score (nSPS) is 29.3. The molecule has 1 saturated heterocycles. The van der Waals surface area contributed by atoms with Crippen LogP contribution in [0.2, 0.25) is 0 Å². The molecule has 1 saturated carbocycles. The minimum Gasteiger partial charge on any atom is -0.468 e. The van der Waals surface area contributed by atoms with Gasteiger partial charge in [0, 0.05) is 19.1 Å². The maximum atomic E-state index is 12.0. The Morgan fingerprint density at radius 1 is 1.24 bits per heavy atom. The van der Waals surface area contributed by atoms with E-state index >= 15 is 0 Å². The molecule has 1 N–H and O–H groups in total. The number of carbonyl (C=O) groups is 1. The summed E-state index contributed by atoms with van der Waals surface area (Å²) in [4.78, 5) is 14.6. The van der Waals surface area contributed by atoms with Gasteiger partial charge in [0.2, 0.25) is 0 Å². The Kier molecular flexibility index (Phi) is 5.67. The van der Waals surface area contributed by atoms with Gasteiger partial charge >= 0.3 is 5.97 Å². The van der Waals surface area contributed by atoms with Gasteiger partial charge in [-0.2, -0.15) is 0 Å². The summed E-state index contributed by atoms with van der Waals surface area (Å²) in [6.07, 6.45) is 5.49. The minimum atomic E-state index is -0.499. The predicted molar refractivity (Wildman–Crippen MR) is 85.2 cm³/mol. The second-order valence-corrected chi connectivity index (χ2v) is 7.41. The first-order chi connectivity index (χ1) is 9.94. The van der Waals surface area contributed by atoms with Crippen LogP contribution >= 0.6 is 0 Å². The van der Waals surface area contributed by atoms with Gasteiger partial charge in [-0.05, 0) is 57.4 Å². The molecule has 3 atom stereocenters. The van der Waals surface area contributed by atoms with E-state index in [0.29, 0.717) is 6.04 Å². The summed E-state index contributed by atoms with van der Waals surface area (Å²) in [7, 11) is 1.49. The van der Waals surface area contributed by atoms with Crippen LogP contribution < -0.4 is 5.32 Å². The van der Waals surface area contributed by atoms with Crippen LogP contribution in [0.4, 0.5) is 0 Å². The molecule has 0 aromatic rings. The van der Waals surface area contributed by atoms with Crippen LogP contribution in [0.15, 0.2) is 0 Å². The Morgan fingerprint density at radius 2 is 1.86 bits per heavy atom. The molecule has 0 aromatic carbocycles. The fourth-order valence-corrected chi connectivity index (χ4v) is 3.38. The van der Waals surface area contributed by atoms with Gasteiger partial charge in [0.15, 0.2) is 0 Å². The second kappa shape index (κ2) is 7.10. The first-order valence-electron chi connectivity index (χ1n) is 8.53. The number of hydrogen-bond acceptors (Lipinski definition) is 4. The monoisotopic (exact) mass is 296 g/mol. The van der Waals surface area contributed by atoms with Gasteiger partial charge in [0.1, 0.15) is 5.54 Å². The summed E-state index contributed by atoms with van der Waals surface area (Å²) < 4.78 is 4.99. The van der Waals surface area contributed by atoms with Crippen LogP contribution in [0.5, 0.6) is 0 Å². The zero-order valence-corrected chi connectivity index (χ0v) is 14.2. The van der Waals surface area contributed by atoms with E-state index < -0.39 is 5.54 Å². The highest BCUT2D eigenvalue weighted by molar-refractivity contribution is 5.80. The van der Waals surface area contributed by atoms with Crippen molar-refractivity contribution >= 4 is 5.97 Å². The largest absolute Gasteiger partial charge is 0.468 e. The van der Waals surface area contributed by atoms with E-state index in [9.17, 15) is 4.79 Å². The molecule has 4 nitrogen and oxygen atoms in total. The summed E-state index contributed by atoms with van der Waals surface area (Å²) >= 11 is 0. The molecule has 2 rings (SSSR count). The number of esters is 1. The Labute approximate surface area is 129 Å². The van der Waals surface area contributed by atoms with Crippen LogP contribution in [-0.4, -0.2) is 49.2 Å². The number of hydrogen-bond donors (Lipinski definition) is 1. The smallest absolute Gasteiger partial charge is 0.325 e. The molecule has 0 spiro atoms. The third-order valence-corrected chi connectivity index (χ3v) is 5.20. The molecular formula is C17H32N2O2. The number of rotatable bonds is 8. The highest BCUT2D eigenvalue weighted by Gasteiger charge is 2.38. The molecule has 1 aliphatic heterocycles. The molecule has 0 bridgehead atoms. The lowest BCUT2D eigenvalue weighted by molar-refractivity contribution is -0.148. The summed E-state index contributed by atoms with van der Waals surface area (Å²) in [6, 6.07) is 0.523. The summed E-state index contributed by atoms with van der Waals surface area (Å²) in [5.74, 6) is 1.53. The number of methoxy groups -OCH3 is 1. The van der Waals surface area contributed by atoms with E-state index in [0.717, 1.165) is 31.2 Å². The molecule has 122 valence electrons. The minimum absolute atomic E-state index is 0.113. The van der Waals surface area contributed by atoms with Gasteiger partial charge in [0.05, 0.1) is 7.11 Å². The predicted octanol–water partition coefficient (Wildman–Crippen LogP) is 2.43.